The Balaban J connectivity index is 2.69. The summed E-state index contributed by atoms with van der Waals surface area (Å²) in [6, 6.07) is 2.52. The van der Waals surface area contributed by atoms with E-state index in [1.807, 2.05) is 0 Å². The van der Waals surface area contributed by atoms with Gasteiger partial charge in [-0.15, -0.1) is 12.3 Å². The summed E-state index contributed by atoms with van der Waals surface area (Å²) in [5.74, 6) is 0.733. The third-order valence-corrected chi connectivity index (χ3v) is 2.15. The molecule has 0 aliphatic heterocycles. The predicted octanol–water partition coefficient (Wildman–Crippen LogP) is 2.48. The van der Waals surface area contributed by atoms with Gasteiger partial charge in [0.2, 0.25) is 0 Å². The van der Waals surface area contributed by atoms with E-state index in [4.69, 9.17) is 11.2 Å². The van der Waals surface area contributed by atoms with Crippen LogP contribution in [0.3, 0.4) is 0 Å². The summed E-state index contributed by atoms with van der Waals surface area (Å²) in [5.41, 5.74) is 0.540. The van der Waals surface area contributed by atoms with E-state index in [0.29, 0.717) is 24.9 Å². The first-order valence-electron chi connectivity index (χ1n) is 5.37. The summed E-state index contributed by atoms with van der Waals surface area (Å²) in [5, 5.41) is 2.82. The highest BCUT2D eigenvalue weighted by molar-refractivity contribution is 5.31. The summed E-state index contributed by atoms with van der Waals surface area (Å²) >= 11 is 0. The maximum atomic E-state index is 13.5. The number of ether oxygens (including phenoxy) is 1. The molecule has 0 aliphatic rings. The Hall–Kier alpha value is -1.60. The topological polar surface area (TPSA) is 21.3 Å². The van der Waals surface area contributed by atoms with Gasteiger partial charge in [-0.05, 0) is 31.2 Å². The Bertz CT molecular complexity index is 389. The molecule has 0 bridgehead atoms. The van der Waals surface area contributed by atoms with Crippen LogP contribution in [0, 0.1) is 24.0 Å². The molecule has 0 radical (unpaired) electrons. The second-order valence-electron chi connectivity index (χ2n) is 3.58. The first-order chi connectivity index (χ1) is 8.19. The fourth-order valence-electron chi connectivity index (χ4n) is 1.40. The van der Waals surface area contributed by atoms with Crippen molar-refractivity contribution in [3.8, 4) is 18.1 Å². The normalized spacial score (nSPS) is 10.0. The van der Waals surface area contributed by atoms with Crippen LogP contribution in [0.2, 0.25) is 0 Å². The molecule has 0 aliphatic carbocycles. The zero-order valence-electron chi connectivity index (χ0n) is 9.72. The highest BCUT2D eigenvalue weighted by Crippen LogP contribution is 2.23. The van der Waals surface area contributed by atoms with Gasteiger partial charge in [0.05, 0.1) is 6.61 Å². The molecule has 0 unspecified atom stereocenters. The molecule has 2 nitrogen and oxygen atoms in total. The summed E-state index contributed by atoms with van der Waals surface area (Å²) in [6.45, 7) is 0.620. The quantitative estimate of drug-likeness (QED) is 0.608. The molecule has 0 spiro atoms. The minimum absolute atomic E-state index is 0.212. The molecular formula is C13H15F2NO. The van der Waals surface area contributed by atoms with Crippen molar-refractivity contribution < 1.29 is 13.5 Å². The zero-order chi connectivity index (χ0) is 12.7. The number of nitrogens with one attached hydrogen (secondary N) is 1. The number of halogens is 2. The first kappa shape index (κ1) is 13.5. The second-order valence-corrected chi connectivity index (χ2v) is 3.58. The lowest BCUT2D eigenvalue weighted by atomic mass is 10.2. The molecule has 0 atom stereocenters. The summed E-state index contributed by atoms with van der Waals surface area (Å²) in [6.07, 6.45) is 6.17. The van der Waals surface area contributed by atoms with Crippen LogP contribution in [0.5, 0.6) is 5.75 Å². The molecule has 0 amide bonds. The van der Waals surface area contributed by atoms with Crippen molar-refractivity contribution in [1.29, 1.82) is 0 Å². The lowest BCUT2D eigenvalue weighted by Crippen LogP contribution is -2.07. The second kappa shape index (κ2) is 6.87. The van der Waals surface area contributed by atoms with Crippen LogP contribution in [0.4, 0.5) is 8.78 Å². The molecule has 0 aromatic heterocycles. The van der Waals surface area contributed by atoms with Crippen molar-refractivity contribution in [2.24, 2.45) is 0 Å². The van der Waals surface area contributed by atoms with Crippen LogP contribution in [-0.2, 0) is 6.54 Å². The monoisotopic (exact) mass is 239 g/mol. The molecule has 0 saturated heterocycles. The first-order valence-corrected chi connectivity index (χ1v) is 5.37. The van der Waals surface area contributed by atoms with Crippen LogP contribution in [0.15, 0.2) is 12.1 Å². The van der Waals surface area contributed by atoms with E-state index in [1.165, 1.54) is 12.1 Å². The average molecular weight is 239 g/mol. The van der Waals surface area contributed by atoms with Gasteiger partial charge in [0, 0.05) is 13.0 Å². The third-order valence-electron chi connectivity index (χ3n) is 2.15. The van der Waals surface area contributed by atoms with Crippen LogP contribution in [-0.4, -0.2) is 13.7 Å². The standard InChI is InChI=1S/C13H15F2NO/c1-3-4-5-6-17-13-11(14)7-10(9-16-2)8-12(13)15/h1,7-8,16H,4-6,9H2,2H3. The van der Waals surface area contributed by atoms with E-state index in [1.54, 1.807) is 7.05 Å². The fraction of sp³-hybridized carbons (Fsp3) is 0.385. The van der Waals surface area contributed by atoms with Crippen molar-refractivity contribution in [3.05, 3.63) is 29.3 Å². The van der Waals surface area contributed by atoms with E-state index >= 15 is 0 Å². The van der Waals surface area contributed by atoms with Crippen LogP contribution in [0.1, 0.15) is 18.4 Å². The number of hydrogen-bond acceptors (Lipinski definition) is 2. The highest BCUT2D eigenvalue weighted by Gasteiger charge is 2.12. The maximum Gasteiger partial charge on any atom is 0.190 e. The van der Waals surface area contributed by atoms with Crippen molar-refractivity contribution in [1.82, 2.24) is 5.32 Å². The zero-order valence-corrected chi connectivity index (χ0v) is 9.72. The summed E-state index contributed by atoms with van der Waals surface area (Å²) < 4.78 is 32.1. The minimum atomic E-state index is -0.684. The molecule has 0 saturated carbocycles. The van der Waals surface area contributed by atoms with E-state index < -0.39 is 11.6 Å². The largest absolute Gasteiger partial charge is 0.488 e. The SMILES string of the molecule is C#CCCCOc1c(F)cc(CNC)cc1F. The molecule has 4 heteroatoms. The van der Waals surface area contributed by atoms with Gasteiger partial charge < -0.3 is 10.1 Å². The number of unbranched alkanes of at least 4 members (excludes halogenated alkanes) is 1. The molecule has 1 rings (SSSR count). The van der Waals surface area contributed by atoms with Gasteiger partial charge in [0.15, 0.2) is 17.4 Å². The maximum absolute atomic E-state index is 13.5. The van der Waals surface area contributed by atoms with Gasteiger partial charge in [0.25, 0.3) is 0 Å². The summed E-state index contributed by atoms with van der Waals surface area (Å²) in [7, 11) is 1.71. The van der Waals surface area contributed by atoms with Gasteiger partial charge in [-0.1, -0.05) is 0 Å². The van der Waals surface area contributed by atoms with Gasteiger partial charge in [-0.25, -0.2) is 8.78 Å². The highest BCUT2D eigenvalue weighted by atomic mass is 19.1. The molecule has 0 fully saturated rings. The molecular weight excluding hydrogens is 224 g/mol. The van der Waals surface area contributed by atoms with E-state index in [-0.39, 0.29) is 12.4 Å². The average Bonchev–Trinajstić information content (AvgIpc) is 2.27. The van der Waals surface area contributed by atoms with E-state index in [2.05, 4.69) is 11.2 Å². The van der Waals surface area contributed by atoms with Gasteiger partial charge in [-0.2, -0.15) is 0 Å². The molecule has 1 aromatic rings. The summed E-state index contributed by atoms with van der Waals surface area (Å²) in [4.78, 5) is 0. The molecule has 0 heterocycles. The van der Waals surface area contributed by atoms with E-state index in [0.717, 1.165) is 0 Å². The predicted molar refractivity (Wildman–Crippen MR) is 62.7 cm³/mol. The van der Waals surface area contributed by atoms with Gasteiger partial charge in [0.1, 0.15) is 0 Å². The lowest BCUT2D eigenvalue weighted by Gasteiger charge is -2.09. The van der Waals surface area contributed by atoms with Crippen molar-refractivity contribution in [3.63, 3.8) is 0 Å². The molecule has 17 heavy (non-hydrogen) atoms. The number of hydrogen-bond donors (Lipinski definition) is 1. The smallest absolute Gasteiger partial charge is 0.190 e. The van der Waals surface area contributed by atoms with Gasteiger partial charge in [-0.3, -0.25) is 0 Å². The Labute approximate surface area is 100.0 Å². The van der Waals surface area contributed by atoms with Crippen molar-refractivity contribution >= 4 is 0 Å². The van der Waals surface area contributed by atoms with Crippen LogP contribution >= 0.6 is 0 Å². The Morgan fingerprint density at radius 3 is 2.53 bits per heavy atom. The van der Waals surface area contributed by atoms with Crippen molar-refractivity contribution in [2.75, 3.05) is 13.7 Å². The lowest BCUT2D eigenvalue weighted by molar-refractivity contribution is 0.281. The number of benzene rings is 1. The molecule has 92 valence electrons. The Kier molecular flexibility index (Phi) is 5.44. The molecule has 1 N–H and O–H groups in total. The van der Waals surface area contributed by atoms with Gasteiger partial charge >= 0.3 is 0 Å². The number of terminal acetylenes is 1. The van der Waals surface area contributed by atoms with Crippen LogP contribution < -0.4 is 10.1 Å². The van der Waals surface area contributed by atoms with E-state index in [9.17, 15) is 8.78 Å². The number of rotatable bonds is 6. The third kappa shape index (κ3) is 4.04. The Morgan fingerprint density at radius 1 is 1.35 bits per heavy atom. The van der Waals surface area contributed by atoms with Crippen LogP contribution in [0.25, 0.3) is 0 Å². The fourth-order valence-corrected chi connectivity index (χ4v) is 1.40. The minimum Gasteiger partial charge on any atom is -0.488 e. The Morgan fingerprint density at radius 2 is 2.00 bits per heavy atom. The molecule has 1 aromatic carbocycles. The van der Waals surface area contributed by atoms with Crippen molar-refractivity contribution in [2.45, 2.75) is 19.4 Å².